The van der Waals surface area contributed by atoms with Crippen LogP contribution in [0.5, 0.6) is 0 Å². The Morgan fingerprint density at radius 3 is 1.98 bits per heavy atom. The molecule has 1 amide bonds. The van der Waals surface area contributed by atoms with Crippen molar-refractivity contribution in [1.82, 2.24) is 5.32 Å². The van der Waals surface area contributed by atoms with Gasteiger partial charge in [0.2, 0.25) is 11.5 Å². The van der Waals surface area contributed by atoms with Gasteiger partial charge < -0.3 is 19.6 Å². The van der Waals surface area contributed by atoms with Gasteiger partial charge >= 0.3 is 5.97 Å². The minimum absolute atomic E-state index is 0.0342. The van der Waals surface area contributed by atoms with Gasteiger partial charge in [-0.3, -0.25) is 4.79 Å². The number of nitrogens with zero attached hydrogens (tertiary/aromatic N) is 1. The van der Waals surface area contributed by atoms with Crippen LogP contribution in [-0.2, 0) is 32.8 Å². The Balaban J connectivity index is 1.06. The number of amides is 1. The zero-order valence-corrected chi connectivity index (χ0v) is 23.0. The quantitative estimate of drug-likeness (QED) is 0.245. The lowest BCUT2D eigenvalue weighted by molar-refractivity contribution is -0.946. The predicted octanol–water partition coefficient (Wildman–Crippen LogP) is 4.00. The van der Waals surface area contributed by atoms with E-state index in [-0.39, 0.29) is 17.9 Å². The van der Waals surface area contributed by atoms with Crippen LogP contribution in [0, 0.1) is 11.8 Å². The molecule has 3 saturated heterocycles. The van der Waals surface area contributed by atoms with Gasteiger partial charge in [-0.25, -0.2) is 4.79 Å². The number of rotatable bonds is 9. The number of ether oxygens (including phenoxy) is 1. The van der Waals surface area contributed by atoms with Crippen molar-refractivity contribution >= 4 is 11.9 Å². The topological polar surface area (TPSA) is 75.6 Å². The minimum atomic E-state index is -1.86. The maximum atomic E-state index is 13.7. The average molecular weight is 540 g/mol. The Morgan fingerprint density at radius 2 is 1.40 bits per heavy atom. The lowest BCUT2D eigenvalue weighted by Gasteiger charge is -2.52. The number of carbonyl (C=O) groups is 2. The summed E-state index contributed by atoms with van der Waals surface area (Å²) in [6.07, 6.45) is 4.36. The number of carbonyl (C=O) groups excluding carboxylic acids is 2. The van der Waals surface area contributed by atoms with Crippen LogP contribution in [-0.4, -0.2) is 60.3 Å². The number of nitrogens with one attached hydrogen (secondary N) is 1. The highest BCUT2D eigenvalue weighted by molar-refractivity contribution is 5.85. The van der Waals surface area contributed by atoms with Crippen molar-refractivity contribution in [2.75, 3.05) is 32.7 Å². The van der Waals surface area contributed by atoms with Crippen molar-refractivity contribution in [2.45, 2.75) is 43.8 Å². The molecule has 40 heavy (non-hydrogen) atoms. The third-order valence-corrected chi connectivity index (χ3v) is 9.51. The van der Waals surface area contributed by atoms with Crippen LogP contribution in [0.4, 0.5) is 0 Å². The fourth-order valence-corrected chi connectivity index (χ4v) is 7.17. The number of fused-ring (bicyclic) bond motifs is 4. The van der Waals surface area contributed by atoms with Gasteiger partial charge in [-0.15, -0.1) is 0 Å². The van der Waals surface area contributed by atoms with Crippen molar-refractivity contribution < 1.29 is 23.9 Å². The normalized spacial score (nSPS) is 23.9. The number of benzene rings is 3. The highest BCUT2D eigenvalue weighted by atomic mass is 16.6. The second-order valence-corrected chi connectivity index (χ2v) is 11.9. The van der Waals surface area contributed by atoms with Gasteiger partial charge in [-0.05, 0) is 35.1 Å². The number of piperidine rings is 3. The molecule has 6 heteroatoms. The van der Waals surface area contributed by atoms with Crippen LogP contribution in [0.25, 0.3) is 0 Å². The predicted molar refractivity (Wildman–Crippen MR) is 153 cm³/mol. The number of quaternary nitrogens is 1. The summed E-state index contributed by atoms with van der Waals surface area (Å²) < 4.78 is 7.10. The molecule has 0 radical (unpaired) electrons. The van der Waals surface area contributed by atoms with Crippen molar-refractivity contribution in [3.8, 4) is 0 Å². The van der Waals surface area contributed by atoms with E-state index < -0.39 is 11.6 Å². The molecular formula is C34H39N2O4+. The Kier molecular flexibility index (Phi) is 7.47. The molecule has 0 unspecified atom stereocenters. The SMILES string of the molecule is O=C(NCCC[N+]12CCC(CC1)[C@@H](OC(=O)C(O)(c1ccccc1)c1ccccc1)C2)C1Cc2ccccc2C1. The largest absolute Gasteiger partial charge is 0.453 e. The van der Waals surface area contributed by atoms with E-state index in [9.17, 15) is 14.7 Å². The summed E-state index contributed by atoms with van der Waals surface area (Å²) in [5, 5.41) is 15.0. The van der Waals surface area contributed by atoms with Gasteiger partial charge in [0.15, 0.2) is 6.10 Å². The van der Waals surface area contributed by atoms with E-state index in [1.165, 1.54) is 11.1 Å². The first-order valence-electron chi connectivity index (χ1n) is 14.7. The van der Waals surface area contributed by atoms with Crippen LogP contribution in [0.3, 0.4) is 0 Å². The standard InChI is InChI=1S/C34H38N2O4/c37-32(28-22-26-10-7-8-11-27(26)23-28)35-18-9-19-36-20-16-25(17-21-36)31(24-36)40-33(38)34(39,29-12-3-1-4-13-29)30-14-5-2-6-15-30/h1-8,10-15,25,28,31,39H,9,16-24H2/p+1/t25?,31-,36?/m0/s1. The maximum absolute atomic E-state index is 13.7. The summed E-state index contributed by atoms with van der Waals surface area (Å²) in [5.74, 6) is -0.0940. The molecule has 3 aliphatic heterocycles. The van der Waals surface area contributed by atoms with Crippen LogP contribution in [0.2, 0.25) is 0 Å². The Morgan fingerprint density at radius 1 is 0.850 bits per heavy atom. The molecule has 1 atom stereocenters. The monoisotopic (exact) mass is 539 g/mol. The van der Waals surface area contributed by atoms with Gasteiger partial charge in [-0.1, -0.05) is 84.9 Å². The van der Waals surface area contributed by atoms with E-state index in [1.54, 1.807) is 24.3 Å². The molecule has 2 bridgehead atoms. The molecule has 2 N–H and O–H groups in total. The van der Waals surface area contributed by atoms with Gasteiger partial charge in [0.25, 0.3) is 0 Å². The van der Waals surface area contributed by atoms with E-state index in [0.717, 1.165) is 62.8 Å². The smallest absolute Gasteiger partial charge is 0.348 e. The Labute approximate surface area is 236 Å². The summed E-state index contributed by atoms with van der Waals surface area (Å²) in [7, 11) is 0. The highest BCUT2D eigenvalue weighted by Gasteiger charge is 2.50. The molecule has 3 heterocycles. The lowest BCUT2D eigenvalue weighted by atomic mass is 9.82. The molecule has 7 rings (SSSR count). The van der Waals surface area contributed by atoms with E-state index in [1.807, 2.05) is 48.5 Å². The van der Waals surface area contributed by atoms with Gasteiger partial charge in [-0.2, -0.15) is 0 Å². The number of aliphatic hydroxyl groups is 1. The Hall–Kier alpha value is -3.48. The van der Waals surface area contributed by atoms with E-state index in [0.29, 0.717) is 23.6 Å². The summed E-state index contributed by atoms with van der Waals surface area (Å²) in [6, 6.07) is 26.5. The van der Waals surface area contributed by atoms with Crippen molar-refractivity contribution in [1.29, 1.82) is 0 Å². The summed E-state index contributed by atoms with van der Waals surface area (Å²) >= 11 is 0. The first-order valence-corrected chi connectivity index (χ1v) is 14.7. The maximum Gasteiger partial charge on any atom is 0.348 e. The first-order chi connectivity index (χ1) is 19.5. The van der Waals surface area contributed by atoms with E-state index >= 15 is 0 Å². The van der Waals surface area contributed by atoms with Crippen molar-refractivity contribution in [3.63, 3.8) is 0 Å². The molecule has 6 nitrogen and oxygen atoms in total. The molecule has 1 aliphatic carbocycles. The molecule has 3 aromatic rings. The van der Waals surface area contributed by atoms with Crippen LogP contribution >= 0.6 is 0 Å². The molecule has 0 aromatic heterocycles. The van der Waals surface area contributed by atoms with E-state index in [2.05, 4.69) is 17.4 Å². The van der Waals surface area contributed by atoms with E-state index in [4.69, 9.17) is 4.74 Å². The Bertz CT molecular complexity index is 1270. The van der Waals surface area contributed by atoms with Crippen LogP contribution in [0.1, 0.15) is 41.5 Å². The average Bonchev–Trinajstić information content (AvgIpc) is 3.45. The zero-order chi connectivity index (χ0) is 27.6. The fourth-order valence-electron chi connectivity index (χ4n) is 7.17. The lowest BCUT2D eigenvalue weighted by Crippen LogP contribution is -2.65. The highest BCUT2D eigenvalue weighted by Crippen LogP contribution is 2.38. The van der Waals surface area contributed by atoms with Crippen molar-refractivity contribution in [2.24, 2.45) is 11.8 Å². The molecule has 0 saturated carbocycles. The molecular weight excluding hydrogens is 500 g/mol. The van der Waals surface area contributed by atoms with Crippen LogP contribution in [0.15, 0.2) is 84.9 Å². The summed E-state index contributed by atoms with van der Waals surface area (Å²) in [4.78, 5) is 26.6. The fraction of sp³-hybridized carbons (Fsp3) is 0.412. The first kappa shape index (κ1) is 26.7. The third-order valence-electron chi connectivity index (χ3n) is 9.51. The second kappa shape index (κ2) is 11.2. The zero-order valence-electron chi connectivity index (χ0n) is 23.0. The second-order valence-electron chi connectivity index (χ2n) is 11.9. The third kappa shape index (κ3) is 5.18. The number of esters is 1. The summed E-state index contributed by atoms with van der Waals surface area (Å²) in [5.41, 5.74) is 1.76. The summed E-state index contributed by atoms with van der Waals surface area (Å²) in [6.45, 7) is 4.54. The molecule has 3 fully saturated rings. The molecule has 3 aromatic carbocycles. The van der Waals surface area contributed by atoms with Crippen molar-refractivity contribution in [3.05, 3.63) is 107 Å². The number of hydrogen-bond acceptors (Lipinski definition) is 4. The van der Waals surface area contributed by atoms with Gasteiger partial charge in [0.05, 0.1) is 19.6 Å². The van der Waals surface area contributed by atoms with Gasteiger partial charge in [0.1, 0.15) is 6.54 Å². The molecule has 208 valence electrons. The van der Waals surface area contributed by atoms with Gasteiger partial charge in [0, 0.05) is 37.6 Å². The van der Waals surface area contributed by atoms with Crippen LogP contribution < -0.4 is 5.32 Å². The molecule has 0 spiro atoms. The molecule has 4 aliphatic rings. The minimum Gasteiger partial charge on any atom is -0.453 e. The number of hydrogen-bond donors (Lipinski definition) is 2.